The van der Waals surface area contributed by atoms with E-state index in [1.165, 1.54) is 25.7 Å². The summed E-state index contributed by atoms with van der Waals surface area (Å²) in [6.07, 6.45) is 5.22. The molecule has 0 amide bonds. The third-order valence-electron chi connectivity index (χ3n) is 3.92. The summed E-state index contributed by atoms with van der Waals surface area (Å²) in [5, 5.41) is 15.4. The molecule has 0 unspecified atom stereocenters. The maximum atomic E-state index is 4.12. The van der Waals surface area contributed by atoms with Crippen LogP contribution in [0, 0.1) is 5.41 Å². The Morgan fingerprint density at radius 3 is 2.71 bits per heavy atom. The summed E-state index contributed by atoms with van der Waals surface area (Å²) in [4.78, 5) is 0. The highest BCUT2D eigenvalue weighted by Crippen LogP contribution is 2.44. The molecule has 0 saturated heterocycles. The van der Waals surface area contributed by atoms with Crippen LogP contribution in [0.1, 0.15) is 52.3 Å². The van der Waals surface area contributed by atoms with Crippen LogP contribution in [0.25, 0.3) is 0 Å². The third-order valence-corrected chi connectivity index (χ3v) is 3.92. The first-order valence-electron chi connectivity index (χ1n) is 6.64. The molecule has 1 saturated carbocycles. The molecule has 1 aromatic heterocycles. The van der Waals surface area contributed by atoms with Crippen LogP contribution < -0.4 is 5.32 Å². The van der Waals surface area contributed by atoms with Crippen LogP contribution in [0.4, 0.5) is 0 Å². The number of hydrogen-bond acceptors (Lipinski definition) is 4. The Kier molecular flexibility index (Phi) is 3.76. The van der Waals surface area contributed by atoms with Gasteiger partial charge < -0.3 is 5.32 Å². The highest BCUT2D eigenvalue weighted by atomic mass is 15.5. The molecule has 0 atom stereocenters. The molecule has 1 aliphatic carbocycles. The first-order chi connectivity index (χ1) is 8.15. The molecule has 2 rings (SSSR count). The van der Waals surface area contributed by atoms with Gasteiger partial charge in [-0.3, -0.25) is 0 Å². The second-order valence-electron chi connectivity index (χ2n) is 5.50. The molecule has 0 aromatic carbocycles. The fourth-order valence-corrected chi connectivity index (χ4v) is 2.39. The van der Waals surface area contributed by atoms with Gasteiger partial charge in [-0.25, -0.2) is 4.68 Å². The average Bonchev–Trinajstić information content (AvgIpc) is 2.67. The van der Waals surface area contributed by atoms with E-state index in [-0.39, 0.29) is 0 Å². The molecular formula is C12H23N5. The first-order valence-corrected chi connectivity index (χ1v) is 6.64. The molecule has 1 heterocycles. The van der Waals surface area contributed by atoms with E-state index in [1.54, 1.807) is 0 Å². The lowest BCUT2D eigenvalue weighted by Crippen LogP contribution is -2.35. The SMILES string of the molecule is CCC1(Cn2nnnc2CNC(C)C)CCC1. The number of rotatable bonds is 6. The molecule has 1 aliphatic rings. The quantitative estimate of drug-likeness (QED) is 0.819. The molecule has 5 nitrogen and oxygen atoms in total. The van der Waals surface area contributed by atoms with Gasteiger partial charge in [0, 0.05) is 6.04 Å². The summed E-state index contributed by atoms with van der Waals surface area (Å²) >= 11 is 0. The fraction of sp³-hybridized carbons (Fsp3) is 0.917. The Morgan fingerprint density at radius 1 is 1.41 bits per heavy atom. The number of nitrogens with one attached hydrogen (secondary N) is 1. The number of aromatic nitrogens is 4. The highest BCUT2D eigenvalue weighted by Gasteiger charge is 2.36. The molecule has 1 N–H and O–H groups in total. The number of nitrogens with zero attached hydrogens (tertiary/aromatic N) is 4. The van der Waals surface area contributed by atoms with Gasteiger partial charge in [0.2, 0.25) is 0 Å². The van der Waals surface area contributed by atoms with E-state index in [0.717, 1.165) is 18.9 Å². The second-order valence-corrected chi connectivity index (χ2v) is 5.50. The molecule has 0 spiro atoms. The van der Waals surface area contributed by atoms with Crippen LogP contribution in [0.3, 0.4) is 0 Å². The lowest BCUT2D eigenvalue weighted by molar-refractivity contribution is 0.0924. The molecule has 0 bridgehead atoms. The van der Waals surface area contributed by atoms with E-state index >= 15 is 0 Å². The van der Waals surface area contributed by atoms with Crippen LogP contribution in [-0.2, 0) is 13.1 Å². The summed E-state index contributed by atoms with van der Waals surface area (Å²) in [5.41, 5.74) is 0.460. The predicted octanol–water partition coefficient (Wildman–Crippen LogP) is 1.75. The Labute approximate surface area is 103 Å². The van der Waals surface area contributed by atoms with Crippen molar-refractivity contribution in [3.63, 3.8) is 0 Å². The molecule has 17 heavy (non-hydrogen) atoms. The van der Waals surface area contributed by atoms with Crippen molar-refractivity contribution < 1.29 is 0 Å². The van der Waals surface area contributed by atoms with Gasteiger partial charge in [0.15, 0.2) is 5.82 Å². The minimum Gasteiger partial charge on any atom is -0.308 e. The van der Waals surface area contributed by atoms with Crippen molar-refractivity contribution in [2.45, 2.75) is 65.6 Å². The smallest absolute Gasteiger partial charge is 0.165 e. The lowest BCUT2D eigenvalue weighted by Gasteiger charge is -2.41. The summed E-state index contributed by atoms with van der Waals surface area (Å²) in [7, 11) is 0. The molecular weight excluding hydrogens is 214 g/mol. The molecule has 1 fully saturated rings. The zero-order chi connectivity index (χ0) is 12.3. The molecule has 1 aromatic rings. The fourth-order valence-electron chi connectivity index (χ4n) is 2.39. The molecule has 5 heteroatoms. The van der Waals surface area contributed by atoms with Gasteiger partial charge in [-0.2, -0.15) is 0 Å². The van der Waals surface area contributed by atoms with Crippen LogP contribution in [0.5, 0.6) is 0 Å². The first kappa shape index (κ1) is 12.5. The topological polar surface area (TPSA) is 55.6 Å². The molecule has 96 valence electrons. The molecule has 0 radical (unpaired) electrons. The van der Waals surface area contributed by atoms with Crippen molar-refractivity contribution in [2.75, 3.05) is 0 Å². The monoisotopic (exact) mass is 237 g/mol. The number of hydrogen-bond donors (Lipinski definition) is 1. The van der Waals surface area contributed by atoms with E-state index in [0.29, 0.717) is 11.5 Å². The zero-order valence-corrected chi connectivity index (χ0v) is 11.1. The van der Waals surface area contributed by atoms with E-state index in [1.807, 2.05) is 4.68 Å². The summed E-state index contributed by atoms with van der Waals surface area (Å²) in [5.74, 6) is 0.957. The largest absolute Gasteiger partial charge is 0.308 e. The standard InChI is InChI=1S/C12H23N5/c1-4-12(6-5-7-12)9-17-11(14-15-16-17)8-13-10(2)3/h10,13H,4-9H2,1-3H3. The van der Waals surface area contributed by atoms with Crippen molar-refractivity contribution in [3.8, 4) is 0 Å². The summed E-state index contributed by atoms with van der Waals surface area (Å²) in [6, 6.07) is 0.462. The van der Waals surface area contributed by atoms with E-state index in [9.17, 15) is 0 Å². The lowest BCUT2D eigenvalue weighted by atomic mass is 9.67. The maximum Gasteiger partial charge on any atom is 0.165 e. The summed E-state index contributed by atoms with van der Waals surface area (Å²) in [6.45, 7) is 8.27. The Hall–Kier alpha value is -0.970. The van der Waals surface area contributed by atoms with E-state index < -0.39 is 0 Å². The van der Waals surface area contributed by atoms with Gasteiger partial charge in [0.05, 0.1) is 13.1 Å². The third kappa shape index (κ3) is 2.83. The van der Waals surface area contributed by atoms with Gasteiger partial charge in [-0.05, 0) is 35.1 Å². The van der Waals surface area contributed by atoms with Gasteiger partial charge in [0.1, 0.15) is 0 Å². The van der Waals surface area contributed by atoms with E-state index in [2.05, 4.69) is 41.6 Å². The normalized spacial score (nSPS) is 18.4. The Balaban J connectivity index is 1.98. The van der Waals surface area contributed by atoms with Gasteiger partial charge in [0.25, 0.3) is 0 Å². The second kappa shape index (κ2) is 5.12. The van der Waals surface area contributed by atoms with Gasteiger partial charge >= 0.3 is 0 Å². The molecule has 0 aliphatic heterocycles. The van der Waals surface area contributed by atoms with Crippen LogP contribution in [0.2, 0.25) is 0 Å². The van der Waals surface area contributed by atoms with Crippen molar-refractivity contribution in [1.82, 2.24) is 25.5 Å². The maximum absolute atomic E-state index is 4.12. The van der Waals surface area contributed by atoms with Crippen molar-refractivity contribution in [3.05, 3.63) is 5.82 Å². The van der Waals surface area contributed by atoms with Crippen LogP contribution >= 0.6 is 0 Å². The Morgan fingerprint density at radius 2 is 2.18 bits per heavy atom. The minimum atomic E-state index is 0.460. The minimum absolute atomic E-state index is 0.460. The summed E-state index contributed by atoms with van der Waals surface area (Å²) < 4.78 is 1.98. The van der Waals surface area contributed by atoms with Crippen LogP contribution in [0.15, 0.2) is 0 Å². The van der Waals surface area contributed by atoms with Gasteiger partial charge in [-0.1, -0.05) is 27.2 Å². The van der Waals surface area contributed by atoms with Crippen molar-refractivity contribution in [1.29, 1.82) is 0 Å². The van der Waals surface area contributed by atoms with Crippen molar-refractivity contribution >= 4 is 0 Å². The average molecular weight is 237 g/mol. The van der Waals surface area contributed by atoms with Crippen LogP contribution in [-0.4, -0.2) is 26.2 Å². The Bertz CT molecular complexity index is 348. The van der Waals surface area contributed by atoms with E-state index in [4.69, 9.17) is 0 Å². The van der Waals surface area contributed by atoms with Gasteiger partial charge in [-0.15, -0.1) is 5.10 Å². The zero-order valence-electron chi connectivity index (χ0n) is 11.1. The van der Waals surface area contributed by atoms with Crippen molar-refractivity contribution in [2.24, 2.45) is 5.41 Å². The predicted molar refractivity (Wildman–Crippen MR) is 66.4 cm³/mol. The number of tetrazole rings is 1. The highest BCUT2D eigenvalue weighted by molar-refractivity contribution is 4.90.